The third kappa shape index (κ3) is 3.26. The first-order chi connectivity index (χ1) is 9.81. The molecule has 2 atom stereocenters. The van der Waals surface area contributed by atoms with Gasteiger partial charge in [-0.1, -0.05) is 6.92 Å². The molecule has 1 N–H and O–H groups in total. The van der Waals surface area contributed by atoms with Crippen LogP contribution in [0, 0.1) is 5.92 Å². The van der Waals surface area contributed by atoms with Crippen LogP contribution in [0.2, 0.25) is 0 Å². The number of nitrogens with one attached hydrogen (secondary N) is 1. The summed E-state index contributed by atoms with van der Waals surface area (Å²) >= 11 is 1.82. The van der Waals surface area contributed by atoms with Crippen LogP contribution in [0.1, 0.15) is 51.0 Å². The van der Waals surface area contributed by atoms with E-state index >= 15 is 0 Å². The molecule has 0 amide bonds. The molecule has 1 aliphatic carbocycles. The minimum absolute atomic E-state index is 0.268. The highest BCUT2D eigenvalue weighted by Crippen LogP contribution is 2.45. The molecule has 2 heterocycles. The van der Waals surface area contributed by atoms with Gasteiger partial charge in [0.05, 0.1) is 5.60 Å². The van der Waals surface area contributed by atoms with Gasteiger partial charge in [0.2, 0.25) is 0 Å². The molecule has 0 bridgehead atoms. The maximum Gasteiger partial charge on any atom is 0.0685 e. The van der Waals surface area contributed by atoms with Crippen molar-refractivity contribution in [1.29, 1.82) is 0 Å². The van der Waals surface area contributed by atoms with Crippen LogP contribution >= 0.6 is 11.3 Å². The van der Waals surface area contributed by atoms with Crippen molar-refractivity contribution in [3.8, 4) is 0 Å². The fourth-order valence-electron chi connectivity index (χ4n) is 3.73. The summed E-state index contributed by atoms with van der Waals surface area (Å²) in [5.74, 6) is 0.787. The molecule has 2 fully saturated rings. The normalized spacial score (nSPS) is 26.4. The zero-order chi connectivity index (χ0) is 13.8. The number of ether oxygens (including phenoxy) is 1. The lowest BCUT2D eigenvalue weighted by atomic mass is 9.70. The summed E-state index contributed by atoms with van der Waals surface area (Å²) in [6.45, 7) is 4.36. The fourth-order valence-corrected chi connectivity index (χ4v) is 4.41. The van der Waals surface area contributed by atoms with Crippen molar-refractivity contribution in [2.24, 2.45) is 5.92 Å². The summed E-state index contributed by atoms with van der Waals surface area (Å²) in [7, 11) is 0. The predicted octanol–water partition coefficient (Wildman–Crippen LogP) is 4.01. The van der Waals surface area contributed by atoms with Crippen LogP contribution in [0.15, 0.2) is 16.8 Å². The second-order valence-electron chi connectivity index (χ2n) is 6.53. The van der Waals surface area contributed by atoms with Gasteiger partial charge in [0.15, 0.2) is 0 Å². The van der Waals surface area contributed by atoms with Gasteiger partial charge in [0, 0.05) is 12.6 Å². The van der Waals surface area contributed by atoms with E-state index in [0.717, 1.165) is 19.1 Å². The van der Waals surface area contributed by atoms with Gasteiger partial charge in [-0.15, -0.1) is 0 Å². The molecule has 3 rings (SSSR count). The van der Waals surface area contributed by atoms with Crippen LogP contribution in [0.25, 0.3) is 0 Å². The van der Waals surface area contributed by atoms with E-state index < -0.39 is 0 Å². The molecular weight excluding hydrogens is 266 g/mol. The largest absolute Gasteiger partial charge is 0.375 e. The molecule has 112 valence electrons. The van der Waals surface area contributed by atoms with Gasteiger partial charge < -0.3 is 10.1 Å². The van der Waals surface area contributed by atoms with E-state index in [1.165, 1.54) is 50.5 Å². The molecule has 3 heteroatoms. The van der Waals surface area contributed by atoms with E-state index in [1.807, 2.05) is 11.3 Å². The summed E-state index contributed by atoms with van der Waals surface area (Å²) < 4.78 is 6.10. The molecule has 1 aliphatic heterocycles. The second-order valence-corrected chi connectivity index (χ2v) is 7.31. The Hall–Kier alpha value is -0.380. The van der Waals surface area contributed by atoms with E-state index in [2.05, 4.69) is 29.1 Å². The minimum atomic E-state index is 0.268. The van der Waals surface area contributed by atoms with E-state index in [-0.39, 0.29) is 5.60 Å². The quantitative estimate of drug-likeness (QED) is 0.855. The molecule has 1 saturated carbocycles. The average molecular weight is 293 g/mol. The van der Waals surface area contributed by atoms with Crippen molar-refractivity contribution >= 4 is 11.3 Å². The summed E-state index contributed by atoms with van der Waals surface area (Å²) in [5, 5.41) is 8.32. The Morgan fingerprint density at radius 2 is 2.40 bits per heavy atom. The molecule has 2 unspecified atom stereocenters. The molecule has 1 aromatic rings. The van der Waals surface area contributed by atoms with Crippen LogP contribution < -0.4 is 5.32 Å². The van der Waals surface area contributed by atoms with Crippen LogP contribution in [-0.4, -0.2) is 24.8 Å². The second kappa shape index (κ2) is 6.59. The average Bonchev–Trinajstić information content (AvgIpc) is 2.95. The van der Waals surface area contributed by atoms with Gasteiger partial charge >= 0.3 is 0 Å². The van der Waals surface area contributed by atoms with Crippen LogP contribution in [0.4, 0.5) is 0 Å². The van der Waals surface area contributed by atoms with E-state index in [0.29, 0.717) is 6.04 Å². The summed E-state index contributed by atoms with van der Waals surface area (Å²) in [5.41, 5.74) is 1.77. The molecule has 0 radical (unpaired) electrons. The lowest BCUT2D eigenvalue weighted by Crippen LogP contribution is -2.50. The highest BCUT2D eigenvalue weighted by Gasteiger charge is 2.44. The van der Waals surface area contributed by atoms with Crippen LogP contribution in [0.3, 0.4) is 0 Å². The van der Waals surface area contributed by atoms with Crippen molar-refractivity contribution in [1.82, 2.24) is 5.32 Å². The Labute approximate surface area is 126 Å². The first-order valence-electron chi connectivity index (χ1n) is 8.20. The molecular formula is C17H27NOS. The lowest BCUT2D eigenvalue weighted by molar-refractivity contribution is -0.147. The Kier molecular flexibility index (Phi) is 4.79. The Balaban J connectivity index is 1.64. The SMILES string of the molecule is CCCNC(Cc1ccsc1)C1CCOC2(CCC2)C1. The van der Waals surface area contributed by atoms with Crippen molar-refractivity contribution in [3.05, 3.63) is 22.4 Å². The standard InChI is InChI=1S/C17H27NOS/c1-2-8-18-16(11-14-5-10-20-13-14)15-4-9-19-17(12-15)6-3-7-17/h5,10,13,15-16,18H,2-4,6-9,11-12H2,1H3. The minimum Gasteiger partial charge on any atom is -0.375 e. The molecule has 1 aromatic heterocycles. The molecule has 2 nitrogen and oxygen atoms in total. The van der Waals surface area contributed by atoms with Gasteiger partial charge in [-0.25, -0.2) is 0 Å². The molecule has 20 heavy (non-hydrogen) atoms. The topological polar surface area (TPSA) is 21.3 Å². The van der Waals surface area contributed by atoms with Gasteiger partial charge in [0.1, 0.15) is 0 Å². The molecule has 2 aliphatic rings. The van der Waals surface area contributed by atoms with Gasteiger partial charge in [-0.05, 0) is 79.8 Å². The van der Waals surface area contributed by atoms with E-state index in [1.54, 1.807) is 0 Å². The smallest absolute Gasteiger partial charge is 0.0685 e. The zero-order valence-corrected chi connectivity index (χ0v) is 13.4. The van der Waals surface area contributed by atoms with Gasteiger partial charge in [-0.3, -0.25) is 0 Å². The van der Waals surface area contributed by atoms with Crippen molar-refractivity contribution in [3.63, 3.8) is 0 Å². The third-order valence-electron chi connectivity index (χ3n) is 5.06. The predicted molar refractivity (Wildman–Crippen MR) is 85.4 cm³/mol. The summed E-state index contributed by atoms with van der Waals surface area (Å²) in [6, 6.07) is 2.91. The fraction of sp³-hybridized carbons (Fsp3) is 0.765. The van der Waals surface area contributed by atoms with Crippen LogP contribution in [-0.2, 0) is 11.2 Å². The summed E-state index contributed by atoms with van der Waals surface area (Å²) in [6.07, 6.45) is 8.86. The Morgan fingerprint density at radius 3 is 3.05 bits per heavy atom. The zero-order valence-electron chi connectivity index (χ0n) is 12.6. The monoisotopic (exact) mass is 293 g/mol. The summed E-state index contributed by atoms with van der Waals surface area (Å²) in [4.78, 5) is 0. The van der Waals surface area contributed by atoms with Gasteiger partial charge in [-0.2, -0.15) is 11.3 Å². The maximum absolute atomic E-state index is 6.10. The number of rotatable bonds is 6. The Bertz CT molecular complexity index is 399. The number of hydrogen-bond donors (Lipinski definition) is 1. The van der Waals surface area contributed by atoms with Gasteiger partial charge in [0.25, 0.3) is 0 Å². The number of hydrogen-bond acceptors (Lipinski definition) is 3. The van der Waals surface area contributed by atoms with Crippen LogP contribution in [0.5, 0.6) is 0 Å². The highest BCUT2D eigenvalue weighted by molar-refractivity contribution is 7.07. The Morgan fingerprint density at radius 1 is 1.50 bits per heavy atom. The van der Waals surface area contributed by atoms with E-state index in [4.69, 9.17) is 4.74 Å². The lowest BCUT2D eigenvalue weighted by Gasteiger charge is -2.49. The maximum atomic E-state index is 6.10. The highest BCUT2D eigenvalue weighted by atomic mass is 32.1. The van der Waals surface area contributed by atoms with E-state index in [9.17, 15) is 0 Å². The third-order valence-corrected chi connectivity index (χ3v) is 5.79. The van der Waals surface area contributed by atoms with Crippen molar-refractivity contribution in [2.45, 2.75) is 63.5 Å². The first-order valence-corrected chi connectivity index (χ1v) is 9.14. The number of thiophene rings is 1. The molecule has 1 spiro atoms. The molecule has 1 saturated heterocycles. The van der Waals surface area contributed by atoms with Crippen molar-refractivity contribution in [2.75, 3.05) is 13.2 Å². The van der Waals surface area contributed by atoms with Crippen molar-refractivity contribution < 1.29 is 4.74 Å². The first kappa shape index (κ1) is 14.6. The molecule has 0 aromatic carbocycles.